The van der Waals surface area contributed by atoms with Gasteiger partial charge in [-0.2, -0.15) is 0 Å². The molecular weight excluding hydrogens is 286 g/mol. The molecule has 2 aromatic rings. The third-order valence-corrected chi connectivity index (χ3v) is 3.70. The van der Waals surface area contributed by atoms with Gasteiger partial charge >= 0.3 is 0 Å². The van der Waals surface area contributed by atoms with Crippen molar-refractivity contribution in [3.8, 4) is 0 Å². The van der Waals surface area contributed by atoms with E-state index >= 15 is 0 Å². The Labute approximate surface area is 127 Å². The highest BCUT2D eigenvalue weighted by molar-refractivity contribution is 7.12. The second kappa shape index (κ2) is 7.44. The first-order valence-electron chi connectivity index (χ1n) is 6.57. The van der Waals surface area contributed by atoms with Gasteiger partial charge in [-0.15, -0.1) is 11.3 Å². The summed E-state index contributed by atoms with van der Waals surface area (Å²) in [6.45, 7) is 2.33. The number of nitrogens with two attached hydrogens (primary N) is 1. The lowest BCUT2D eigenvalue weighted by Gasteiger charge is -2.20. The molecule has 5 nitrogen and oxygen atoms in total. The first-order valence-corrected chi connectivity index (χ1v) is 7.45. The standard InChI is InChI=1S/C15H17N3O2S/c1-2-18(12-7-4-3-5-8-12)14(19)11-20-17-15(16)13-9-6-10-21-13/h3-10H,2,11H2,1H3,(H2,16,17). The monoisotopic (exact) mass is 303 g/mol. The highest BCUT2D eigenvalue weighted by Gasteiger charge is 2.14. The van der Waals surface area contributed by atoms with Gasteiger partial charge in [0.25, 0.3) is 5.91 Å². The summed E-state index contributed by atoms with van der Waals surface area (Å²) < 4.78 is 0. The number of benzene rings is 1. The maximum atomic E-state index is 12.1. The summed E-state index contributed by atoms with van der Waals surface area (Å²) in [7, 11) is 0. The quantitative estimate of drug-likeness (QED) is 0.506. The van der Waals surface area contributed by atoms with E-state index in [4.69, 9.17) is 10.6 Å². The molecule has 2 rings (SSSR count). The Morgan fingerprint density at radius 1 is 1.29 bits per heavy atom. The largest absolute Gasteiger partial charge is 0.384 e. The van der Waals surface area contributed by atoms with Crippen molar-refractivity contribution >= 4 is 28.8 Å². The zero-order valence-electron chi connectivity index (χ0n) is 11.7. The van der Waals surface area contributed by atoms with Crippen LogP contribution in [0.1, 0.15) is 11.8 Å². The Morgan fingerprint density at radius 2 is 2.05 bits per heavy atom. The molecule has 0 bridgehead atoms. The highest BCUT2D eigenvalue weighted by Crippen LogP contribution is 2.13. The number of hydrogen-bond donors (Lipinski definition) is 1. The third-order valence-electron chi connectivity index (χ3n) is 2.81. The van der Waals surface area contributed by atoms with Crippen LogP contribution in [0.25, 0.3) is 0 Å². The summed E-state index contributed by atoms with van der Waals surface area (Å²) >= 11 is 1.47. The van der Waals surface area contributed by atoms with Crippen LogP contribution in [0.5, 0.6) is 0 Å². The Balaban J connectivity index is 1.93. The van der Waals surface area contributed by atoms with Gasteiger partial charge in [0.1, 0.15) is 0 Å². The topological polar surface area (TPSA) is 67.9 Å². The molecule has 0 unspecified atom stereocenters. The average Bonchev–Trinajstić information content (AvgIpc) is 3.03. The predicted octanol–water partition coefficient (Wildman–Crippen LogP) is 2.44. The van der Waals surface area contributed by atoms with E-state index < -0.39 is 0 Å². The maximum Gasteiger partial charge on any atom is 0.267 e. The van der Waals surface area contributed by atoms with Gasteiger partial charge in [0.05, 0.1) is 4.88 Å². The van der Waals surface area contributed by atoms with E-state index in [9.17, 15) is 4.79 Å². The molecule has 0 atom stereocenters. The molecule has 0 aliphatic heterocycles. The van der Waals surface area contributed by atoms with Crippen LogP contribution in [-0.4, -0.2) is 24.9 Å². The number of hydrogen-bond acceptors (Lipinski definition) is 4. The van der Waals surface area contributed by atoms with Crippen LogP contribution in [0.15, 0.2) is 53.0 Å². The second-order valence-corrected chi connectivity index (χ2v) is 5.15. The van der Waals surface area contributed by atoms with Crippen LogP contribution in [0.4, 0.5) is 5.69 Å². The van der Waals surface area contributed by atoms with E-state index in [1.54, 1.807) is 4.90 Å². The predicted molar refractivity (Wildman–Crippen MR) is 85.5 cm³/mol. The Morgan fingerprint density at radius 3 is 2.67 bits per heavy atom. The molecule has 0 aliphatic rings. The molecule has 1 aromatic carbocycles. The van der Waals surface area contributed by atoms with Crippen LogP contribution in [-0.2, 0) is 9.63 Å². The van der Waals surface area contributed by atoms with E-state index in [1.165, 1.54) is 11.3 Å². The van der Waals surface area contributed by atoms with Crippen LogP contribution >= 0.6 is 11.3 Å². The maximum absolute atomic E-state index is 12.1. The lowest BCUT2D eigenvalue weighted by Crippen LogP contribution is -2.33. The average molecular weight is 303 g/mol. The molecule has 110 valence electrons. The smallest absolute Gasteiger partial charge is 0.267 e. The second-order valence-electron chi connectivity index (χ2n) is 4.20. The molecule has 0 radical (unpaired) electrons. The molecule has 0 saturated heterocycles. The van der Waals surface area contributed by atoms with Gasteiger partial charge in [0, 0.05) is 12.2 Å². The highest BCUT2D eigenvalue weighted by atomic mass is 32.1. The molecule has 0 spiro atoms. The summed E-state index contributed by atoms with van der Waals surface area (Å²) in [4.78, 5) is 19.7. The molecule has 21 heavy (non-hydrogen) atoms. The lowest BCUT2D eigenvalue weighted by molar-refractivity contribution is -0.123. The zero-order chi connectivity index (χ0) is 15.1. The number of carbonyl (C=O) groups is 1. The summed E-state index contributed by atoms with van der Waals surface area (Å²) in [5.41, 5.74) is 6.59. The minimum atomic E-state index is -0.161. The first kappa shape index (κ1) is 15.1. The molecule has 0 saturated carbocycles. The number of rotatable bonds is 6. The van der Waals surface area contributed by atoms with Gasteiger partial charge in [-0.05, 0) is 30.5 Å². The van der Waals surface area contributed by atoms with Gasteiger partial charge in [-0.1, -0.05) is 29.4 Å². The molecule has 1 heterocycles. The van der Waals surface area contributed by atoms with E-state index in [-0.39, 0.29) is 18.3 Å². The van der Waals surface area contributed by atoms with Crippen LogP contribution < -0.4 is 10.6 Å². The Hall–Kier alpha value is -2.34. The fraction of sp³-hybridized carbons (Fsp3) is 0.200. The van der Waals surface area contributed by atoms with E-state index in [0.29, 0.717) is 6.54 Å². The van der Waals surface area contributed by atoms with Crippen LogP contribution in [0, 0.1) is 0 Å². The third kappa shape index (κ3) is 4.06. The Bertz CT molecular complexity index is 597. The Kier molecular flexibility index (Phi) is 5.34. The lowest BCUT2D eigenvalue weighted by atomic mass is 10.3. The van der Waals surface area contributed by atoms with Crippen molar-refractivity contribution in [3.05, 3.63) is 52.7 Å². The zero-order valence-corrected chi connectivity index (χ0v) is 12.5. The van der Waals surface area contributed by atoms with Crippen molar-refractivity contribution in [3.63, 3.8) is 0 Å². The van der Waals surface area contributed by atoms with Gasteiger partial charge < -0.3 is 15.5 Å². The van der Waals surface area contributed by atoms with Crippen molar-refractivity contribution in [2.75, 3.05) is 18.1 Å². The molecule has 2 N–H and O–H groups in total. The van der Waals surface area contributed by atoms with Gasteiger partial charge in [0.2, 0.25) is 0 Å². The molecular formula is C15H17N3O2S. The number of oxime groups is 1. The normalized spacial score (nSPS) is 11.2. The summed E-state index contributed by atoms with van der Waals surface area (Å²) in [6, 6.07) is 13.2. The first-order chi connectivity index (χ1) is 10.2. The number of likely N-dealkylation sites (N-methyl/N-ethyl adjacent to an activating group) is 1. The van der Waals surface area contributed by atoms with Crippen molar-refractivity contribution in [2.45, 2.75) is 6.92 Å². The van der Waals surface area contributed by atoms with E-state index in [2.05, 4.69) is 5.16 Å². The number of amidine groups is 1. The minimum absolute atomic E-state index is 0.144. The summed E-state index contributed by atoms with van der Waals surface area (Å²) in [5.74, 6) is 0.118. The number of amides is 1. The number of nitrogens with zero attached hydrogens (tertiary/aromatic N) is 2. The number of anilines is 1. The van der Waals surface area contributed by atoms with Crippen molar-refractivity contribution < 1.29 is 9.63 Å². The van der Waals surface area contributed by atoms with Crippen LogP contribution in [0.2, 0.25) is 0 Å². The molecule has 6 heteroatoms. The number of para-hydroxylation sites is 1. The molecule has 0 aliphatic carbocycles. The van der Waals surface area contributed by atoms with E-state index in [1.807, 2.05) is 54.8 Å². The van der Waals surface area contributed by atoms with Crippen molar-refractivity contribution in [1.29, 1.82) is 0 Å². The van der Waals surface area contributed by atoms with Gasteiger partial charge in [-0.25, -0.2) is 0 Å². The van der Waals surface area contributed by atoms with E-state index in [0.717, 1.165) is 10.6 Å². The SMILES string of the molecule is CCN(C(=O)CON=C(N)c1cccs1)c1ccccc1. The van der Waals surface area contributed by atoms with Gasteiger partial charge in [0.15, 0.2) is 12.4 Å². The molecule has 1 aromatic heterocycles. The van der Waals surface area contributed by atoms with Crippen molar-refractivity contribution in [2.24, 2.45) is 10.9 Å². The number of carbonyl (C=O) groups excluding carboxylic acids is 1. The number of thiophene rings is 1. The van der Waals surface area contributed by atoms with Gasteiger partial charge in [-0.3, -0.25) is 4.79 Å². The summed E-state index contributed by atoms with van der Waals surface area (Å²) in [6.07, 6.45) is 0. The molecule has 0 fully saturated rings. The fourth-order valence-corrected chi connectivity index (χ4v) is 2.43. The molecule has 1 amide bonds. The van der Waals surface area contributed by atoms with Crippen LogP contribution in [0.3, 0.4) is 0 Å². The fourth-order valence-electron chi connectivity index (χ4n) is 1.82. The van der Waals surface area contributed by atoms with Crippen molar-refractivity contribution in [1.82, 2.24) is 0 Å². The summed E-state index contributed by atoms with van der Waals surface area (Å²) in [5, 5.41) is 5.67. The minimum Gasteiger partial charge on any atom is -0.384 e.